The molecule has 1 unspecified atom stereocenters. The molecule has 25 heavy (non-hydrogen) atoms. The second-order valence-corrected chi connectivity index (χ2v) is 6.91. The van der Waals surface area contributed by atoms with Gasteiger partial charge in [-0.2, -0.15) is 0 Å². The van der Waals surface area contributed by atoms with E-state index < -0.39 is 0 Å². The normalized spacial score (nSPS) is 20.0. The first-order valence-corrected chi connectivity index (χ1v) is 10.4. The Labute approximate surface area is 154 Å². The van der Waals surface area contributed by atoms with Crippen molar-refractivity contribution < 1.29 is 9.59 Å². The van der Waals surface area contributed by atoms with Crippen molar-refractivity contribution in [1.82, 2.24) is 15.3 Å². The van der Waals surface area contributed by atoms with Gasteiger partial charge in [-0.1, -0.05) is 38.5 Å². The van der Waals surface area contributed by atoms with Gasteiger partial charge in [0.05, 0.1) is 0 Å². The lowest BCUT2D eigenvalue weighted by Gasteiger charge is -2.26. The first-order chi connectivity index (χ1) is 12.2. The molecule has 0 bridgehead atoms. The van der Waals surface area contributed by atoms with Crippen LogP contribution in [0.4, 0.5) is 5.82 Å². The summed E-state index contributed by atoms with van der Waals surface area (Å²) in [7, 11) is 0. The highest BCUT2D eigenvalue weighted by Crippen LogP contribution is 2.30. The zero-order valence-electron chi connectivity index (χ0n) is 15.3. The minimum Gasteiger partial charge on any atom is -0.356 e. The maximum absolute atomic E-state index is 11.9. The Morgan fingerprint density at radius 3 is 2.60 bits per heavy atom. The number of anilines is 1. The average molecular weight is 365 g/mol. The highest BCUT2D eigenvalue weighted by molar-refractivity contribution is 7.98. The van der Waals surface area contributed by atoms with Crippen molar-refractivity contribution >= 4 is 29.9 Å². The maximum atomic E-state index is 11.9. The Bertz CT molecular complexity index is 590. The van der Waals surface area contributed by atoms with Crippen molar-refractivity contribution in [3.63, 3.8) is 0 Å². The summed E-state index contributed by atoms with van der Waals surface area (Å²) in [5, 5.41) is 3.52. The average Bonchev–Trinajstić information content (AvgIpc) is 3.31. The summed E-state index contributed by atoms with van der Waals surface area (Å²) in [5.74, 6) is 0.726. The molecule has 1 aliphatic carbocycles. The molecule has 2 aliphatic rings. The van der Waals surface area contributed by atoms with Crippen molar-refractivity contribution in [3.8, 4) is 0 Å². The summed E-state index contributed by atoms with van der Waals surface area (Å²) in [4.78, 5) is 34.3. The topological polar surface area (TPSA) is 75.2 Å². The molecule has 2 amide bonds. The lowest BCUT2D eigenvalue weighted by Crippen LogP contribution is -2.34. The van der Waals surface area contributed by atoms with E-state index in [1.807, 2.05) is 20.1 Å². The maximum Gasteiger partial charge on any atom is 0.223 e. The third-order valence-corrected chi connectivity index (χ3v) is 5.27. The lowest BCUT2D eigenvalue weighted by molar-refractivity contribution is -0.122. The number of nitrogens with one attached hydrogen (secondary N) is 1. The summed E-state index contributed by atoms with van der Waals surface area (Å²) < 4.78 is 0. The van der Waals surface area contributed by atoms with Gasteiger partial charge in [0.1, 0.15) is 5.82 Å². The monoisotopic (exact) mass is 364 g/mol. The van der Waals surface area contributed by atoms with E-state index in [1.165, 1.54) is 11.8 Å². The molecule has 3 rings (SSSR count). The van der Waals surface area contributed by atoms with Crippen LogP contribution in [0.25, 0.3) is 0 Å². The van der Waals surface area contributed by atoms with Crippen LogP contribution >= 0.6 is 11.8 Å². The van der Waals surface area contributed by atoms with E-state index in [4.69, 9.17) is 0 Å². The number of nitrogens with zero attached hydrogens (tertiary/aromatic N) is 3. The molecule has 138 valence electrons. The third kappa shape index (κ3) is 4.71. The van der Waals surface area contributed by atoms with E-state index in [0.717, 1.165) is 50.6 Å². The van der Waals surface area contributed by atoms with Crippen LogP contribution in [0, 0.1) is 5.92 Å². The molecule has 1 N–H and O–H groups in total. The largest absolute Gasteiger partial charge is 0.356 e. The fourth-order valence-electron chi connectivity index (χ4n) is 3.44. The molecule has 0 spiro atoms. The van der Waals surface area contributed by atoms with Crippen LogP contribution < -0.4 is 10.2 Å². The Hall–Kier alpha value is -1.63. The number of hydrogen-bond donors (Lipinski definition) is 1. The van der Waals surface area contributed by atoms with Gasteiger partial charge in [-0.05, 0) is 31.9 Å². The Kier molecular flexibility index (Phi) is 7.68. The second kappa shape index (κ2) is 9.75. The SMILES string of the molecule is CC.CSc1ncc(CC2CCNC2=O)c(N(C=O)C2CCCC2)n1. The number of rotatable bonds is 6. The van der Waals surface area contributed by atoms with Gasteiger partial charge in [0.25, 0.3) is 0 Å². The molecule has 7 heteroatoms. The summed E-state index contributed by atoms with van der Waals surface area (Å²) in [6.07, 6.45) is 10.3. The number of thioether (sulfide) groups is 1. The molecule has 1 aromatic heterocycles. The first-order valence-electron chi connectivity index (χ1n) is 9.14. The van der Waals surface area contributed by atoms with Gasteiger partial charge in [-0.3, -0.25) is 14.5 Å². The minimum atomic E-state index is -0.0467. The standard InChI is InChI=1S/C16H22N4O2S.C2H6/c1-23-16-18-9-12(8-11-6-7-17-15(11)22)14(19-16)20(10-21)13-4-2-3-5-13;1-2/h9-11,13H,2-8H2,1H3,(H,17,22);1-2H3. The number of carbonyl (C=O) groups excluding carboxylic acids is 2. The van der Waals surface area contributed by atoms with E-state index in [1.54, 1.807) is 11.1 Å². The van der Waals surface area contributed by atoms with Crippen molar-refractivity contribution in [2.24, 2.45) is 5.92 Å². The van der Waals surface area contributed by atoms with Crippen LogP contribution in [0.2, 0.25) is 0 Å². The molecule has 1 atom stereocenters. The molecular weight excluding hydrogens is 336 g/mol. The molecular formula is C18H28N4O2S. The van der Waals surface area contributed by atoms with E-state index in [9.17, 15) is 9.59 Å². The van der Waals surface area contributed by atoms with Gasteiger partial charge in [0.2, 0.25) is 12.3 Å². The lowest BCUT2D eigenvalue weighted by atomic mass is 9.99. The van der Waals surface area contributed by atoms with E-state index in [2.05, 4.69) is 15.3 Å². The van der Waals surface area contributed by atoms with Gasteiger partial charge < -0.3 is 5.32 Å². The molecule has 0 radical (unpaired) electrons. The predicted octanol–water partition coefficient (Wildman–Crippen LogP) is 2.81. The van der Waals surface area contributed by atoms with Gasteiger partial charge >= 0.3 is 0 Å². The minimum absolute atomic E-state index is 0.0467. The van der Waals surface area contributed by atoms with Crippen LogP contribution in [0.15, 0.2) is 11.4 Å². The quantitative estimate of drug-likeness (QED) is 0.477. The predicted molar refractivity (Wildman–Crippen MR) is 101 cm³/mol. The van der Waals surface area contributed by atoms with Crippen LogP contribution in [-0.4, -0.2) is 41.1 Å². The van der Waals surface area contributed by atoms with Gasteiger partial charge in [0.15, 0.2) is 5.16 Å². The molecule has 1 aliphatic heterocycles. The highest BCUT2D eigenvalue weighted by atomic mass is 32.2. The summed E-state index contributed by atoms with van der Waals surface area (Å²) in [6, 6.07) is 0.216. The Morgan fingerprint density at radius 2 is 2.04 bits per heavy atom. The van der Waals surface area contributed by atoms with Crippen molar-refractivity contribution in [2.45, 2.75) is 63.6 Å². The van der Waals surface area contributed by atoms with Crippen LogP contribution in [-0.2, 0) is 16.0 Å². The van der Waals surface area contributed by atoms with Crippen molar-refractivity contribution in [3.05, 3.63) is 11.8 Å². The molecule has 1 saturated carbocycles. The molecule has 2 heterocycles. The van der Waals surface area contributed by atoms with Gasteiger partial charge in [-0.25, -0.2) is 9.97 Å². The first kappa shape index (κ1) is 19.7. The van der Waals surface area contributed by atoms with Gasteiger partial charge in [0, 0.05) is 30.3 Å². The summed E-state index contributed by atoms with van der Waals surface area (Å²) in [5.41, 5.74) is 0.892. The number of amides is 2. The highest BCUT2D eigenvalue weighted by Gasteiger charge is 2.29. The zero-order valence-corrected chi connectivity index (χ0v) is 16.1. The molecule has 1 aromatic rings. The van der Waals surface area contributed by atoms with Crippen molar-refractivity contribution in [1.29, 1.82) is 0 Å². The summed E-state index contributed by atoms with van der Waals surface area (Å²) in [6.45, 7) is 4.72. The summed E-state index contributed by atoms with van der Waals surface area (Å²) >= 11 is 1.46. The fourth-order valence-corrected chi connectivity index (χ4v) is 3.78. The van der Waals surface area contributed by atoms with Gasteiger partial charge in [-0.15, -0.1) is 0 Å². The van der Waals surface area contributed by atoms with E-state index >= 15 is 0 Å². The molecule has 1 saturated heterocycles. The van der Waals surface area contributed by atoms with Crippen LogP contribution in [0.5, 0.6) is 0 Å². The zero-order chi connectivity index (χ0) is 18.2. The van der Waals surface area contributed by atoms with Crippen LogP contribution in [0.3, 0.4) is 0 Å². The molecule has 2 fully saturated rings. The van der Waals surface area contributed by atoms with Crippen LogP contribution in [0.1, 0.15) is 51.5 Å². The molecule has 0 aromatic carbocycles. The Morgan fingerprint density at radius 1 is 1.32 bits per heavy atom. The number of hydrogen-bond acceptors (Lipinski definition) is 5. The third-order valence-electron chi connectivity index (χ3n) is 4.71. The van der Waals surface area contributed by atoms with E-state index in [0.29, 0.717) is 17.4 Å². The fraction of sp³-hybridized carbons (Fsp3) is 0.667. The molecule has 6 nitrogen and oxygen atoms in total. The Balaban J connectivity index is 0.00000109. The smallest absolute Gasteiger partial charge is 0.223 e. The second-order valence-electron chi connectivity index (χ2n) is 6.14. The van der Waals surface area contributed by atoms with E-state index in [-0.39, 0.29) is 17.9 Å². The number of carbonyl (C=O) groups is 2. The number of aromatic nitrogens is 2. The van der Waals surface area contributed by atoms with Crippen molar-refractivity contribution in [2.75, 3.05) is 17.7 Å².